The van der Waals surface area contributed by atoms with Crippen molar-refractivity contribution in [1.82, 2.24) is 0 Å². The van der Waals surface area contributed by atoms with Gasteiger partial charge >= 0.3 is 0 Å². The van der Waals surface area contributed by atoms with Gasteiger partial charge in [0, 0.05) is 0 Å². The van der Waals surface area contributed by atoms with Gasteiger partial charge in [-0.25, -0.2) is 0 Å². The molecule has 0 spiro atoms. The third-order valence-corrected chi connectivity index (χ3v) is 1.08. The number of rotatable bonds is 4. The Kier molecular flexibility index (Phi) is 6.52. The van der Waals surface area contributed by atoms with Gasteiger partial charge in [0.05, 0.1) is 21.1 Å². The third kappa shape index (κ3) is 6.52. The fraction of sp³-hybridized carbons (Fsp3) is 0.625. The van der Waals surface area contributed by atoms with Crippen LogP contribution in [0.1, 0.15) is 6.92 Å². The van der Waals surface area contributed by atoms with Crippen LogP contribution in [0, 0.1) is 0 Å². The second-order valence-electron chi connectivity index (χ2n) is 3.24. The Bertz CT molecular complexity index is 163. The number of carbonyl (C=O) groups excluding carboxylic acids is 1. The first kappa shape index (κ1) is 14.3. The lowest BCUT2D eigenvalue weighted by Gasteiger charge is -2.23. The van der Waals surface area contributed by atoms with Crippen LogP contribution in [-0.4, -0.2) is 37.7 Å². The van der Waals surface area contributed by atoms with Gasteiger partial charge in [-0.05, 0) is 13.0 Å². The average molecular weight is 238 g/mol. The van der Waals surface area contributed by atoms with Crippen molar-refractivity contribution in [1.29, 1.82) is 0 Å². The van der Waals surface area contributed by atoms with Gasteiger partial charge in [-0.1, -0.05) is 6.58 Å². The van der Waals surface area contributed by atoms with Crippen molar-refractivity contribution >= 4 is 5.78 Å². The summed E-state index contributed by atoms with van der Waals surface area (Å²) in [7, 11) is 5.56. The van der Waals surface area contributed by atoms with Crippen molar-refractivity contribution in [2.24, 2.45) is 0 Å². The highest BCUT2D eigenvalue weighted by atomic mass is 79.9. The lowest BCUT2D eigenvalue weighted by Crippen LogP contribution is -3.00. The normalized spacial score (nSPS) is 13.0. The van der Waals surface area contributed by atoms with E-state index < -0.39 is 6.10 Å². The molecule has 3 nitrogen and oxygen atoms in total. The first-order valence-electron chi connectivity index (χ1n) is 3.53. The Morgan fingerprint density at radius 1 is 1.50 bits per heavy atom. The topological polar surface area (TPSA) is 26.3 Å². The van der Waals surface area contributed by atoms with Gasteiger partial charge in [-0.2, -0.15) is 9.48 Å². The van der Waals surface area contributed by atoms with E-state index in [1.807, 2.05) is 21.1 Å². The number of hydrogen-bond donors (Lipinski definition) is 0. The van der Waals surface area contributed by atoms with Crippen molar-refractivity contribution in [2.75, 3.05) is 21.1 Å². The first-order valence-corrected chi connectivity index (χ1v) is 3.53. The quantitative estimate of drug-likeness (QED) is 0.315. The molecule has 0 aliphatic carbocycles. The monoisotopic (exact) mass is 237 g/mol. The highest BCUT2D eigenvalue weighted by Gasteiger charge is 2.19. The van der Waals surface area contributed by atoms with E-state index in [0.29, 0.717) is 4.65 Å². The van der Waals surface area contributed by atoms with Crippen LogP contribution in [0.4, 0.5) is 0 Å². The molecule has 0 aromatic heterocycles. The van der Waals surface area contributed by atoms with Gasteiger partial charge in [0.1, 0.15) is 0 Å². The standard InChI is InChI=1S/C8H16NO2.BrH/c1-6-8(10)7(2)11-9(3,4)5;/h6-7H,1H2,2-5H3;1H/q+1;/p-1. The second-order valence-corrected chi connectivity index (χ2v) is 3.24. The van der Waals surface area contributed by atoms with Crippen LogP contribution in [-0.2, 0) is 9.63 Å². The smallest absolute Gasteiger partial charge is 0.189 e. The van der Waals surface area contributed by atoms with Crippen LogP contribution in [0.15, 0.2) is 12.7 Å². The number of ketones is 1. The molecule has 0 fully saturated rings. The van der Waals surface area contributed by atoms with Gasteiger partial charge in [-0.15, -0.1) is 0 Å². The van der Waals surface area contributed by atoms with Crippen LogP contribution in [0.25, 0.3) is 0 Å². The van der Waals surface area contributed by atoms with Crippen molar-refractivity contribution in [2.45, 2.75) is 13.0 Å². The minimum absolute atomic E-state index is 0. The molecule has 0 bridgehead atoms. The van der Waals surface area contributed by atoms with E-state index in [2.05, 4.69) is 6.58 Å². The molecular formula is C8H16BrNO2. The van der Waals surface area contributed by atoms with Gasteiger partial charge in [0.25, 0.3) is 0 Å². The Hall–Kier alpha value is -0.190. The zero-order valence-electron chi connectivity index (χ0n) is 8.00. The van der Waals surface area contributed by atoms with E-state index in [9.17, 15) is 4.79 Å². The predicted molar refractivity (Wildman–Crippen MR) is 43.8 cm³/mol. The Labute approximate surface area is 84.3 Å². The van der Waals surface area contributed by atoms with Gasteiger partial charge < -0.3 is 17.0 Å². The number of quaternary nitrogens is 1. The minimum atomic E-state index is -0.410. The fourth-order valence-electron chi connectivity index (χ4n) is 0.692. The molecule has 1 atom stereocenters. The number of hydrogen-bond acceptors (Lipinski definition) is 2. The fourth-order valence-corrected chi connectivity index (χ4v) is 0.692. The third-order valence-electron chi connectivity index (χ3n) is 1.08. The van der Waals surface area contributed by atoms with E-state index in [-0.39, 0.29) is 22.8 Å². The summed E-state index contributed by atoms with van der Waals surface area (Å²) in [5, 5.41) is 0. The summed E-state index contributed by atoms with van der Waals surface area (Å²) < 4.78 is 0.320. The Morgan fingerprint density at radius 3 is 2.17 bits per heavy atom. The van der Waals surface area contributed by atoms with Gasteiger partial charge in [0.15, 0.2) is 11.9 Å². The van der Waals surface area contributed by atoms with Crippen LogP contribution in [0.2, 0.25) is 0 Å². The van der Waals surface area contributed by atoms with Crippen LogP contribution in [0.5, 0.6) is 0 Å². The molecule has 1 unspecified atom stereocenters. The zero-order chi connectivity index (χ0) is 9.07. The second kappa shape index (κ2) is 5.45. The van der Waals surface area contributed by atoms with Crippen LogP contribution >= 0.6 is 0 Å². The highest BCUT2D eigenvalue weighted by molar-refractivity contribution is 5.92. The molecule has 12 heavy (non-hydrogen) atoms. The van der Waals surface area contributed by atoms with E-state index in [0.717, 1.165) is 0 Å². The van der Waals surface area contributed by atoms with Crippen molar-refractivity contribution in [3.05, 3.63) is 12.7 Å². The predicted octanol–water partition coefficient (Wildman–Crippen LogP) is -2.23. The Balaban J connectivity index is 0. The summed E-state index contributed by atoms with van der Waals surface area (Å²) >= 11 is 0. The number of hydroxylamine groups is 3. The zero-order valence-corrected chi connectivity index (χ0v) is 9.59. The van der Waals surface area contributed by atoms with E-state index >= 15 is 0 Å². The molecule has 0 aromatic carbocycles. The van der Waals surface area contributed by atoms with Crippen molar-refractivity contribution in [3.8, 4) is 0 Å². The first-order chi connectivity index (χ1) is 4.87. The molecule has 0 amide bonds. The average Bonchev–Trinajstić information content (AvgIpc) is 1.82. The lowest BCUT2D eigenvalue weighted by atomic mass is 10.3. The lowest BCUT2D eigenvalue weighted by molar-refractivity contribution is -1.06. The number of carbonyl (C=O) groups is 1. The summed E-state index contributed by atoms with van der Waals surface area (Å²) in [4.78, 5) is 16.2. The summed E-state index contributed by atoms with van der Waals surface area (Å²) in [6.07, 6.45) is 0.868. The SMILES string of the molecule is C=CC(=O)C(C)O[N+](C)(C)C.[Br-]. The summed E-state index contributed by atoms with van der Waals surface area (Å²) in [5.41, 5.74) is 0. The maximum absolute atomic E-state index is 10.9. The van der Waals surface area contributed by atoms with Crippen molar-refractivity contribution < 1.29 is 31.3 Å². The molecule has 72 valence electrons. The summed E-state index contributed by atoms with van der Waals surface area (Å²) in [5.74, 6) is -0.0851. The molecule has 0 aliphatic heterocycles. The van der Waals surface area contributed by atoms with E-state index in [4.69, 9.17) is 4.84 Å². The molecule has 0 heterocycles. The molecule has 4 heteroatoms. The maximum atomic E-state index is 10.9. The molecule has 0 aliphatic rings. The van der Waals surface area contributed by atoms with Gasteiger partial charge in [0.2, 0.25) is 0 Å². The Morgan fingerprint density at radius 2 is 1.92 bits per heavy atom. The molecule has 0 aromatic rings. The molecule has 0 saturated heterocycles. The molecule has 0 rings (SSSR count). The largest absolute Gasteiger partial charge is 1.00 e. The molecule has 0 radical (unpaired) electrons. The summed E-state index contributed by atoms with van der Waals surface area (Å²) in [6, 6.07) is 0. The highest BCUT2D eigenvalue weighted by Crippen LogP contribution is 2.01. The molecular weight excluding hydrogens is 222 g/mol. The minimum Gasteiger partial charge on any atom is -1.00 e. The summed E-state index contributed by atoms with van der Waals surface area (Å²) in [6.45, 7) is 5.09. The van der Waals surface area contributed by atoms with E-state index in [1.165, 1.54) is 6.08 Å². The molecule has 0 N–H and O–H groups in total. The number of halogens is 1. The van der Waals surface area contributed by atoms with Crippen LogP contribution in [0.3, 0.4) is 0 Å². The van der Waals surface area contributed by atoms with Crippen molar-refractivity contribution in [3.63, 3.8) is 0 Å². The van der Waals surface area contributed by atoms with Crippen LogP contribution < -0.4 is 17.0 Å². The number of nitrogens with zero attached hydrogens (tertiary/aromatic N) is 1. The molecule has 0 saturated carbocycles. The maximum Gasteiger partial charge on any atom is 0.189 e. The van der Waals surface area contributed by atoms with Gasteiger partial charge in [-0.3, -0.25) is 4.79 Å². The van der Waals surface area contributed by atoms with E-state index in [1.54, 1.807) is 6.92 Å².